The topological polar surface area (TPSA) is 79.5 Å². The molecule has 2 rings (SSSR count). The quantitative estimate of drug-likeness (QED) is 0.582. The molecule has 1 aliphatic carbocycles. The van der Waals surface area contributed by atoms with Crippen molar-refractivity contribution in [1.29, 1.82) is 0 Å². The van der Waals surface area contributed by atoms with Crippen LogP contribution in [0.15, 0.2) is 0 Å². The monoisotopic (exact) mass is 283 g/mol. The summed E-state index contributed by atoms with van der Waals surface area (Å²) in [4.78, 5) is 24.0. The number of amides is 2. The molecule has 1 saturated carbocycles. The van der Waals surface area contributed by atoms with Gasteiger partial charge in [0.25, 0.3) is 0 Å². The number of hydrogen-bond acceptors (Lipinski definition) is 4. The molecule has 1 saturated heterocycles. The SMILES string of the molecule is COCCNC(=O)C(C)NC(=O)C1CC12CCNCC2. The van der Waals surface area contributed by atoms with Gasteiger partial charge in [-0.1, -0.05) is 0 Å². The Hall–Kier alpha value is -1.14. The minimum atomic E-state index is -0.487. The van der Waals surface area contributed by atoms with Crippen LogP contribution in [0.5, 0.6) is 0 Å². The predicted molar refractivity (Wildman–Crippen MR) is 75.1 cm³/mol. The zero-order chi connectivity index (χ0) is 14.6. The van der Waals surface area contributed by atoms with Gasteiger partial charge >= 0.3 is 0 Å². The van der Waals surface area contributed by atoms with E-state index in [9.17, 15) is 9.59 Å². The van der Waals surface area contributed by atoms with E-state index in [0.29, 0.717) is 13.2 Å². The van der Waals surface area contributed by atoms with Crippen LogP contribution in [0.25, 0.3) is 0 Å². The van der Waals surface area contributed by atoms with Crippen LogP contribution in [0.1, 0.15) is 26.2 Å². The van der Waals surface area contributed by atoms with Crippen LogP contribution in [0.4, 0.5) is 0 Å². The average molecular weight is 283 g/mol. The van der Waals surface area contributed by atoms with Crippen LogP contribution >= 0.6 is 0 Å². The van der Waals surface area contributed by atoms with Gasteiger partial charge in [-0.2, -0.15) is 0 Å². The zero-order valence-electron chi connectivity index (χ0n) is 12.3. The van der Waals surface area contributed by atoms with Gasteiger partial charge in [0.2, 0.25) is 11.8 Å². The minimum Gasteiger partial charge on any atom is -0.383 e. The van der Waals surface area contributed by atoms with E-state index in [4.69, 9.17) is 4.74 Å². The number of piperidine rings is 1. The number of carbonyl (C=O) groups is 2. The molecule has 2 amide bonds. The lowest BCUT2D eigenvalue weighted by Gasteiger charge is -2.23. The Bertz CT molecular complexity index is 367. The maximum Gasteiger partial charge on any atom is 0.242 e. The summed E-state index contributed by atoms with van der Waals surface area (Å²) in [6, 6.07) is -0.487. The van der Waals surface area contributed by atoms with Crippen LogP contribution in [-0.4, -0.2) is 51.2 Å². The first-order valence-corrected chi connectivity index (χ1v) is 7.37. The molecular formula is C14H25N3O3. The largest absolute Gasteiger partial charge is 0.383 e. The van der Waals surface area contributed by atoms with Gasteiger partial charge < -0.3 is 20.7 Å². The summed E-state index contributed by atoms with van der Waals surface area (Å²) in [7, 11) is 1.59. The molecule has 0 aromatic rings. The van der Waals surface area contributed by atoms with Gasteiger partial charge in [-0.05, 0) is 44.7 Å². The number of hydrogen-bond donors (Lipinski definition) is 3. The highest BCUT2D eigenvalue weighted by Crippen LogP contribution is 2.58. The van der Waals surface area contributed by atoms with Crippen molar-refractivity contribution in [3.8, 4) is 0 Å². The van der Waals surface area contributed by atoms with E-state index in [0.717, 1.165) is 32.4 Å². The van der Waals surface area contributed by atoms with E-state index < -0.39 is 6.04 Å². The van der Waals surface area contributed by atoms with Gasteiger partial charge in [0.15, 0.2) is 0 Å². The molecule has 20 heavy (non-hydrogen) atoms. The fourth-order valence-electron chi connectivity index (χ4n) is 3.00. The van der Waals surface area contributed by atoms with Crippen LogP contribution in [0.2, 0.25) is 0 Å². The fraction of sp³-hybridized carbons (Fsp3) is 0.857. The fourth-order valence-corrected chi connectivity index (χ4v) is 3.00. The molecular weight excluding hydrogens is 258 g/mol. The molecule has 3 N–H and O–H groups in total. The van der Waals surface area contributed by atoms with Gasteiger partial charge in [-0.25, -0.2) is 0 Å². The molecule has 0 radical (unpaired) electrons. The van der Waals surface area contributed by atoms with Crippen molar-refractivity contribution in [2.75, 3.05) is 33.4 Å². The first kappa shape index (κ1) is 15.3. The van der Waals surface area contributed by atoms with E-state index >= 15 is 0 Å². The zero-order valence-corrected chi connectivity index (χ0v) is 12.3. The maximum absolute atomic E-state index is 12.2. The van der Waals surface area contributed by atoms with Crippen LogP contribution in [0, 0.1) is 11.3 Å². The lowest BCUT2D eigenvalue weighted by atomic mass is 9.91. The molecule has 2 atom stereocenters. The van der Waals surface area contributed by atoms with Gasteiger partial charge in [-0.15, -0.1) is 0 Å². The van der Waals surface area contributed by atoms with Crippen molar-refractivity contribution < 1.29 is 14.3 Å². The maximum atomic E-state index is 12.2. The summed E-state index contributed by atoms with van der Waals surface area (Å²) >= 11 is 0. The molecule has 1 spiro atoms. The number of ether oxygens (including phenoxy) is 1. The number of rotatable bonds is 6. The van der Waals surface area contributed by atoms with Crippen molar-refractivity contribution in [2.24, 2.45) is 11.3 Å². The van der Waals surface area contributed by atoms with Crippen molar-refractivity contribution >= 4 is 11.8 Å². The molecule has 0 bridgehead atoms. The third-order valence-electron chi connectivity index (χ3n) is 4.46. The van der Waals surface area contributed by atoms with Crippen molar-refractivity contribution in [3.05, 3.63) is 0 Å². The lowest BCUT2D eigenvalue weighted by Crippen LogP contribution is -2.46. The normalized spacial score (nSPS) is 25.0. The molecule has 0 aromatic carbocycles. The molecule has 2 fully saturated rings. The van der Waals surface area contributed by atoms with E-state index in [1.807, 2.05) is 0 Å². The molecule has 6 nitrogen and oxygen atoms in total. The Kier molecular flexibility index (Phi) is 4.99. The molecule has 6 heteroatoms. The van der Waals surface area contributed by atoms with Crippen molar-refractivity contribution in [1.82, 2.24) is 16.0 Å². The molecule has 2 aliphatic rings. The summed E-state index contributed by atoms with van der Waals surface area (Å²) in [5, 5.41) is 8.88. The number of nitrogens with one attached hydrogen (secondary N) is 3. The average Bonchev–Trinajstić information content (AvgIpc) is 3.13. The summed E-state index contributed by atoms with van der Waals surface area (Å²) in [5.41, 5.74) is 0.210. The van der Waals surface area contributed by atoms with Crippen LogP contribution < -0.4 is 16.0 Å². The molecule has 2 unspecified atom stereocenters. The second-order valence-corrected chi connectivity index (χ2v) is 5.88. The van der Waals surface area contributed by atoms with Crippen molar-refractivity contribution in [2.45, 2.75) is 32.2 Å². The molecule has 1 aliphatic heterocycles. The second kappa shape index (κ2) is 6.54. The summed E-state index contributed by atoms with van der Waals surface area (Å²) < 4.78 is 4.87. The van der Waals surface area contributed by atoms with E-state index in [1.165, 1.54) is 0 Å². The predicted octanol–water partition coefficient (Wildman–Crippen LogP) is -0.357. The Morgan fingerprint density at radius 1 is 1.40 bits per heavy atom. The number of methoxy groups -OCH3 is 1. The first-order chi connectivity index (χ1) is 9.59. The third-order valence-corrected chi connectivity index (χ3v) is 4.46. The number of carbonyl (C=O) groups excluding carboxylic acids is 2. The lowest BCUT2D eigenvalue weighted by molar-refractivity contribution is -0.129. The molecule has 1 heterocycles. The van der Waals surface area contributed by atoms with Crippen LogP contribution in [0.3, 0.4) is 0 Å². The van der Waals surface area contributed by atoms with E-state index in [1.54, 1.807) is 14.0 Å². The second-order valence-electron chi connectivity index (χ2n) is 5.88. The summed E-state index contributed by atoms with van der Waals surface area (Å²) in [6.07, 6.45) is 3.11. The highest BCUT2D eigenvalue weighted by molar-refractivity contribution is 5.89. The summed E-state index contributed by atoms with van der Waals surface area (Å²) in [5.74, 6) is -0.0319. The summed E-state index contributed by atoms with van der Waals surface area (Å²) in [6.45, 7) is 4.66. The van der Waals surface area contributed by atoms with Crippen LogP contribution in [-0.2, 0) is 14.3 Å². The van der Waals surface area contributed by atoms with Gasteiger partial charge in [0.05, 0.1) is 6.61 Å². The molecule has 114 valence electrons. The van der Waals surface area contributed by atoms with Gasteiger partial charge in [0.1, 0.15) is 6.04 Å². The minimum absolute atomic E-state index is 0.0290. The standard InChI is InChI=1S/C14H25N3O3/c1-10(12(18)16-7-8-20-2)17-13(19)11-9-14(11)3-5-15-6-4-14/h10-11,15H,3-9H2,1-2H3,(H,16,18)(H,17,19). The Morgan fingerprint density at radius 3 is 2.75 bits per heavy atom. The van der Waals surface area contributed by atoms with Crippen molar-refractivity contribution in [3.63, 3.8) is 0 Å². The van der Waals surface area contributed by atoms with E-state index in [-0.39, 0.29) is 23.1 Å². The third kappa shape index (κ3) is 3.49. The Labute approximate surface area is 120 Å². The highest BCUT2D eigenvalue weighted by atomic mass is 16.5. The van der Waals surface area contributed by atoms with Gasteiger partial charge in [0, 0.05) is 19.6 Å². The Balaban J connectivity index is 1.73. The first-order valence-electron chi connectivity index (χ1n) is 7.37. The van der Waals surface area contributed by atoms with E-state index in [2.05, 4.69) is 16.0 Å². The highest BCUT2D eigenvalue weighted by Gasteiger charge is 2.57. The smallest absolute Gasteiger partial charge is 0.242 e. The molecule has 0 aromatic heterocycles. The Morgan fingerprint density at radius 2 is 2.10 bits per heavy atom. The van der Waals surface area contributed by atoms with Gasteiger partial charge in [-0.3, -0.25) is 9.59 Å².